The van der Waals surface area contributed by atoms with E-state index in [9.17, 15) is 4.79 Å². The van der Waals surface area contributed by atoms with Crippen LogP contribution in [0.15, 0.2) is 48.5 Å². The summed E-state index contributed by atoms with van der Waals surface area (Å²) in [5.74, 6) is 0.0189. The molecular weight excluding hydrogens is 371 g/mol. The number of nitrogens with zero attached hydrogens (tertiary/aromatic N) is 2. The van der Waals surface area contributed by atoms with Crippen molar-refractivity contribution in [2.24, 2.45) is 0 Å². The molecule has 0 radical (unpaired) electrons. The molecule has 3 aromatic rings. The van der Waals surface area contributed by atoms with Gasteiger partial charge in [0.15, 0.2) is 0 Å². The first-order valence-electron chi connectivity index (χ1n) is 7.86. The third kappa shape index (κ3) is 4.50. The highest BCUT2D eigenvalue weighted by Crippen LogP contribution is 2.22. The average Bonchev–Trinajstić information content (AvgIpc) is 2.59. The SMILES string of the molecule is Cc1cc(C(=O)Nc2ccc(Cl)cc2)nc(Nc2ccc(Cl)cc2C)n1. The summed E-state index contributed by atoms with van der Waals surface area (Å²) in [6, 6.07) is 14.0. The molecule has 3 rings (SSSR count). The van der Waals surface area contributed by atoms with Crippen LogP contribution in [0.25, 0.3) is 0 Å². The van der Waals surface area contributed by atoms with Crippen molar-refractivity contribution in [3.63, 3.8) is 0 Å². The number of aryl methyl sites for hydroxylation is 2. The second kappa shape index (κ2) is 7.72. The minimum Gasteiger partial charge on any atom is -0.324 e. The van der Waals surface area contributed by atoms with E-state index in [4.69, 9.17) is 23.2 Å². The lowest BCUT2D eigenvalue weighted by Gasteiger charge is -2.11. The topological polar surface area (TPSA) is 66.9 Å². The fraction of sp³-hybridized carbons (Fsp3) is 0.105. The molecule has 1 amide bonds. The molecule has 1 aromatic heterocycles. The van der Waals surface area contributed by atoms with E-state index in [2.05, 4.69) is 20.6 Å². The standard InChI is InChI=1S/C19H16Cl2N4O/c1-11-9-14(21)5-8-16(11)24-19-22-12(2)10-17(25-19)18(26)23-15-6-3-13(20)4-7-15/h3-10H,1-2H3,(H,23,26)(H,22,24,25). The van der Waals surface area contributed by atoms with E-state index in [1.165, 1.54) is 0 Å². The van der Waals surface area contributed by atoms with Crippen LogP contribution in [0, 0.1) is 13.8 Å². The van der Waals surface area contributed by atoms with Crippen LogP contribution in [0.5, 0.6) is 0 Å². The first-order valence-corrected chi connectivity index (χ1v) is 8.62. The third-order valence-electron chi connectivity index (χ3n) is 3.62. The number of hydrogen-bond donors (Lipinski definition) is 2. The highest BCUT2D eigenvalue weighted by molar-refractivity contribution is 6.31. The van der Waals surface area contributed by atoms with Crippen LogP contribution in [-0.2, 0) is 0 Å². The first kappa shape index (κ1) is 18.2. The highest BCUT2D eigenvalue weighted by atomic mass is 35.5. The Hall–Kier alpha value is -2.63. The largest absolute Gasteiger partial charge is 0.324 e. The molecule has 0 spiro atoms. The summed E-state index contributed by atoms with van der Waals surface area (Å²) < 4.78 is 0. The maximum absolute atomic E-state index is 12.5. The van der Waals surface area contributed by atoms with Crippen LogP contribution in [-0.4, -0.2) is 15.9 Å². The monoisotopic (exact) mass is 386 g/mol. The molecule has 2 N–H and O–H groups in total. The molecule has 0 saturated heterocycles. The predicted molar refractivity (Wildman–Crippen MR) is 106 cm³/mol. The molecule has 0 unspecified atom stereocenters. The van der Waals surface area contributed by atoms with Crippen LogP contribution in [0.3, 0.4) is 0 Å². The summed E-state index contributed by atoms with van der Waals surface area (Å²) in [4.78, 5) is 21.1. The van der Waals surface area contributed by atoms with Gasteiger partial charge in [0.1, 0.15) is 5.69 Å². The minimum atomic E-state index is -0.325. The Kier molecular flexibility index (Phi) is 5.40. The molecule has 5 nitrogen and oxygen atoms in total. The first-order chi connectivity index (χ1) is 12.4. The van der Waals surface area contributed by atoms with E-state index in [1.807, 2.05) is 19.1 Å². The van der Waals surface area contributed by atoms with Crippen LogP contribution >= 0.6 is 23.2 Å². The summed E-state index contributed by atoms with van der Waals surface area (Å²) in [6.45, 7) is 3.73. The fourth-order valence-corrected chi connectivity index (χ4v) is 2.71. The van der Waals surface area contributed by atoms with Gasteiger partial charge in [0.05, 0.1) is 0 Å². The summed E-state index contributed by atoms with van der Waals surface area (Å²) in [7, 11) is 0. The third-order valence-corrected chi connectivity index (χ3v) is 4.11. The van der Waals surface area contributed by atoms with E-state index in [-0.39, 0.29) is 11.6 Å². The Balaban J connectivity index is 1.82. The van der Waals surface area contributed by atoms with Gasteiger partial charge in [-0.3, -0.25) is 4.79 Å². The maximum Gasteiger partial charge on any atom is 0.274 e. The van der Waals surface area contributed by atoms with Gasteiger partial charge in [-0.2, -0.15) is 0 Å². The zero-order valence-corrected chi connectivity index (χ0v) is 15.7. The molecular formula is C19H16Cl2N4O. The van der Waals surface area contributed by atoms with Crippen molar-refractivity contribution < 1.29 is 4.79 Å². The normalized spacial score (nSPS) is 10.5. The molecule has 2 aromatic carbocycles. The van der Waals surface area contributed by atoms with E-state index in [1.54, 1.807) is 43.3 Å². The Morgan fingerprint density at radius 1 is 0.923 bits per heavy atom. The molecule has 0 saturated carbocycles. The quantitative estimate of drug-likeness (QED) is 0.629. The van der Waals surface area contributed by atoms with E-state index in [0.717, 1.165) is 11.3 Å². The summed E-state index contributed by atoms with van der Waals surface area (Å²) in [5.41, 5.74) is 3.36. The van der Waals surface area contributed by atoms with E-state index >= 15 is 0 Å². The summed E-state index contributed by atoms with van der Waals surface area (Å²) in [5, 5.41) is 7.17. The number of anilines is 3. The van der Waals surface area contributed by atoms with Crippen molar-refractivity contribution >= 4 is 46.4 Å². The molecule has 0 fully saturated rings. The number of amides is 1. The van der Waals surface area contributed by atoms with Crippen LogP contribution in [0.2, 0.25) is 10.0 Å². The number of rotatable bonds is 4. The molecule has 1 heterocycles. The predicted octanol–water partition coefficient (Wildman–Crippen LogP) is 5.40. The van der Waals surface area contributed by atoms with Crippen molar-refractivity contribution in [1.29, 1.82) is 0 Å². The lowest BCUT2D eigenvalue weighted by atomic mass is 10.2. The van der Waals surface area contributed by atoms with Gasteiger partial charge >= 0.3 is 0 Å². The number of benzene rings is 2. The number of carbonyl (C=O) groups is 1. The molecule has 26 heavy (non-hydrogen) atoms. The fourth-order valence-electron chi connectivity index (χ4n) is 2.36. The zero-order valence-electron chi connectivity index (χ0n) is 14.2. The van der Waals surface area contributed by atoms with E-state index in [0.29, 0.717) is 27.4 Å². The molecule has 0 aliphatic carbocycles. The molecule has 0 bridgehead atoms. The Morgan fingerprint density at radius 2 is 1.62 bits per heavy atom. The minimum absolute atomic E-state index is 0.265. The Labute approximate surface area is 161 Å². The second-order valence-corrected chi connectivity index (χ2v) is 6.64. The van der Waals surface area contributed by atoms with Crippen LogP contribution in [0.4, 0.5) is 17.3 Å². The van der Waals surface area contributed by atoms with Crippen LogP contribution in [0.1, 0.15) is 21.7 Å². The smallest absolute Gasteiger partial charge is 0.274 e. The van der Waals surface area contributed by atoms with Crippen molar-refractivity contribution in [3.8, 4) is 0 Å². The zero-order chi connectivity index (χ0) is 18.7. The Morgan fingerprint density at radius 3 is 2.31 bits per heavy atom. The van der Waals surface area contributed by atoms with Crippen molar-refractivity contribution in [3.05, 3.63) is 75.5 Å². The lowest BCUT2D eigenvalue weighted by Crippen LogP contribution is -2.15. The highest BCUT2D eigenvalue weighted by Gasteiger charge is 2.12. The van der Waals surface area contributed by atoms with Gasteiger partial charge in [-0.25, -0.2) is 9.97 Å². The number of nitrogens with one attached hydrogen (secondary N) is 2. The van der Waals surface area contributed by atoms with Crippen molar-refractivity contribution in [2.45, 2.75) is 13.8 Å². The second-order valence-electron chi connectivity index (χ2n) is 5.76. The van der Waals surface area contributed by atoms with Gasteiger partial charge < -0.3 is 10.6 Å². The average molecular weight is 387 g/mol. The van der Waals surface area contributed by atoms with Crippen LogP contribution < -0.4 is 10.6 Å². The number of halogens is 2. The molecule has 132 valence electrons. The van der Waals surface area contributed by atoms with Gasteiger partial charge in [-0.1, -0.05) is 23.2 Å². The van der Waals surface area contributed by atoms with Crippen molar-refractivity contribution in [1.82, 2.24) is 9.97 Å². The summed E-state index contributed by atoms with van der Waals surface area (Å²) >= 11 is 11.8. The maximum atomic E-state index is 12.5. The van der Waals surface area contributed by atoms with Gasteiger partial charge in [0.2, 0.25) is 5.95 Å². The molecule has 0 aliphatic rings. The lowest BCUT2D eigenvalue weighted by molar-refractivity contribution is 0.102. The number of hydrogen-bond acceptors (Lipinski definition) is 4. The number of carbonyl (C=O) groups excluding carboxylic acids is 1. The van der Waals surface area contributed by atoms with Gasteiger partial charge in [0.25, 0.3) is 5.91 Å². The molecule has 0 aliphatic heterocycles. The van der Waals surface area contributed by atoms with Gasteiger partial charge in [-0.15, -0.1) is 0 Å². The molecule has 0 atom stereocenters. The number of aromatic nitrogens is 2. The van der Waals surface area contributed by atoms with Gasteiger partial charge in [0, 0.05) is 27.1 Å². The van der Waals surface area contributed by atoms with Gasteiger partial charge in [-0.05, 0) is 67.9 Å². The summed E-state index contributed by atoms with van der Waals surface area (Å²) in [6.07, 6.45) is 0. The van der Waals surface area contributed by atoms with Crippen molar-refractivity contribution in [2.75, 3.05) is 10.6 Å². The van der Waals surface area contributed by atoms with E-state index < -0.39 is 0 Å². The Bertz CT molecular complexity index is 958. The molecule has 7 heteroatoms.